The van der Waals surface area contributed by atoms with E-state index < -0.39 is 17.7 Å². The first-order chi connectivity index (χ1) is 19.3. The van der Waals surface area contributed by atoms with E-state index in [4.69, 9.17) is 41.9 Å². The molecule has 0 aromatic heterocycles. The van der Waals surface area contributed by atoms with E-state index >= 15 is 0 Å². The molecule has 2 aromatic carbocycles. The van der Waals surface area contributed by atoms with Gasteiger partial charge in [0.05, 0.1) is 52.9 Å². The van der Waals surface area contributed by atoms with Gasteiger partial charge in [0, 0.05) is 39.0 Å². The molecule has 0 radical (unpaired) electrons. The number of hydrogen-bond donors (Lipinski definition) is 5. The molecule has 12 nitrogen and oxygen atoms in total. The van der Waals surface area contributed by atoms with Gasteiger partial charge in [0.25, 0.3) is 5.91 Å². The van der Waals surface area contributed by atoms with Crippen molar-refractivity contribution in [1.82, 2.24) is 0 Å². The Morgan fingerprint density at radius 1 is 0.700 bits per heavy atom. The second-order valence-corrected chi connectivity index (χ2v) is 9.77. The summed E-state index contributed by atoms with van der Waals surface area (Å²) in [4.78, 5) is 38.3. The lowest BCUT2D eigenvalue weighted by Crippen LogP contribution is -2.26. The lowest BCUT2D eigenvalue weighted by molar-refractivity contribution is 0.0514. The zero-order valence-electron chi connectivity index (χ0n) is 22.4. The predicted molar refractivity (Wildman–Crippen MR) is 159 cm³/mol. The Bertz CT molecular complexity index is 1120. The summed E-state index contributed by atoms with van der Waals surface area (Å²) >= 11 is 2.14. The van der Waals surface area contributed by atoms with Crippen molar-refractivity contribution in [3.05, 3.63) is 61.7 Å². The smallest absolute Gasteiger partial charge is 0.255 e. The highest BCUT2D eigenvalue weighted by atomic mass is 127. The van der Waals surface area contributed by atoms with E-state index in [1.807, 2.05) is 0 Å². The number of ether oxygens (including phenoxy) is 4. The molecule has 220 valence electrons. The molecule has 0 atom stereocenters. The van der Waals surface area contributed by atoms with Gasteiger partial charge in [-0.1, -0.05) is 0 Å². The highest BCUT2D eigenvalue weighted by molar-refractivity contribution is 14.1. The van der Waals surface area contributed by atoms with Crippen molar-refractivity contribution in [2.45, 2.75) is 12.8 Å². The van der Waals surface area contributed by atoms with Crippen LogP contribution in [0.5, 0.6) is 0 Å². The van der Waals surface area contributed by atoms with Gasteiger partial charge in [0.15, 0.2) is 0 Å². The van der Waals surface area contributed by atoms with Crippen LogP contribution < -0.4 is 28.3 Å². The van der Waals surface area contributed by atoms with Crippen LogP contribution in [-0.2, 0) is 31.8 Å². The van der Waals surface area contributed by atoms with Crippen LogP contribution in [0, 0.1) is 3.57 Å². The van der Waals surface area contributed by atoms with Crippen molar-refractivity contribution >= 4 is 46.0 Å². The van der Waals surface area contributed by atoms with E-state index in [1.54, 1.807) is 24.3 Å². The first-order valence-electron chi connectivity index (χ1n) is 12.9. The number of anilines is 1. The molecule has 0 aliphatic carbocycles. The predicted octanol–water partition coefficient (Wildman–Crippen LogP) is 0.810. The van der Waals surface area contributed by atoms with E-state index in [1.165, 1.54) is 6.07 Å². The second-order valence-electron chi connectivity index (χ2n) is 8.52. The van der Waals surface area contributed by atoms with Crippen molar-refractivity contribution in [1.29, 1.82) is 0 Å². The van der Waals surface area contributed by atoms with Crippen LogP contribution in [0.3, 0.4) is 0 Å². The van der Waals surface area contributed by atoms with Crippen LogP contribution >= 0.6 is 22.6 Å². The zero-order chi connectivity index (χ0) is 29.3. The van der Waals surface area contributed by atoms with Crippen LogP contribution in [0.4, 0.5) is 5.69 Å². The molecule has 0 aliphatic heterocycles. The van der Waals surface area contributed by atoms with Crippen LogP contribution in [-0.4, -0.2) is 83.7 Å². The van der Waals surface area contributed by atoms with E-state index in [0.29, 0.717) is 69.4 Å². The molecule has 0 bridgehead atoms. The fraction of sp³-hybridized carbons (Fsp3) is 0.444. The van der Waals surface area contributed by atoms with Crippen molar-refractivity contribution < 1.29 is 33.3 Å². The van der Waals surface area contributed by atoms with Gasteiger partial charge in [-0.15, -0.1) is 0 Å². The monoisotopic (exact) mass is 671 g/mol. The molecule has 0 heterocycles. The van der Waals surface area contributed by atoms with Crippen molar-refractivity contribution in [3.63, 3.8) is 0 Å². The minimum absolute atomic E-state index is 0.0644. The standard InChI is InChI=1S/C27H38IN5O7/c28-19-3-1-18(2-4-19)27(36)33-23-17-22(25(31)34)20(5-9-37-13-15-39-11-7-29)24(26(32)35)21(23)6-10-38-14-16-40-12-8-30/h1-4,17H,5-16,29-30H2,(H2,31,34)(H2,32,35)(H,33,36). The molecular formula is C27H38IN5O7. The number of halogens is 1. The largest absolute Gasteiger partial charge is 0.379 e. The Kier molecular flexibility index (Phi) is 15.6. The van der Waals surface area contributed by atoms with Crippen LogP contribution in [0.15, 0.2) is 30.3 Å². The summed E-state index contributed by atoms with van der Waals surface area (Å²) in [5.41, 5.74) is 23.9. The lowest BCUT2D eigenvalue weighted by Gasteiger charge is -2.21. The summed E-state index contributed by atoms with van der Waals surface area (Å²) < 4.78 is 22.9. The summed E-state index contributed by atoms with van der Waals surface area (Å²) in [6, 6.07) is 8.41. The first kappa shape index (κ1) is 33.5. The average Bonchev–Trinajstić information content (AvgIpc) is 2.92. The molecule has 3 amide bonds. The Morgan fingerprint density at radius 3 is 1.68 bits per heavy atom. The maximum absolute atomic E-state index is 13.1. The summed E-state index contributed by atoms with van der Waals surface area (Å²) in [6.07, 6.45) is 0.400. The van der Waals surface area contributed by atoms with Gasteiger partial charge in [-0.05, 0) is 76.9 Å². The third-order valence-electron chi connectivity index (χ3n) is 5.67. The average molecular weight is 672 g/mol. The molecule has 9 N–H and O–H groups in total. The van der Waals surface area contributed by atoms with E-state index in [-0.39, 0.29) is 42.9 Å². The molecule has 2 rings (SSSR count). The molecule has 2 aromatic rings. The normalized spacial score (nSPS) is 11.0. The number of nitrogens with one attached hydrogen (secondary N) is 1. The Hall–Kier alpha value is -2.66. The summed E-state index contributed by atoms with van der Waals surface area (Å²) in [5, 5.41) is 2.82. The number of carbonyl (C=O) groups excluding carboxylic acids is 3. The molecule has 0 spiro atoms. The van der Waals surface area contributed by atoms with Gasteiger partial charge < -0.3 is 47.2 Å². The van der Waals surface area contributed by atoms with E-state index in [0.717, 1.165) is 3.57 Å². The summed E-state index contributed by atoms with van der Waals surface area (Å²) in [7, 11) is 0. The number of carbonyl (C=O) groups is 3. The van der Waals surface area contributed by atoms with Crippen molar-refractivity contribution in [2.24, 2.45) is 22.9 Å². The Balaban J connectivity index is 2.37. The minimum atomic E-state index is -0.770. The van der Waals surface area contributed by atoms with E-state index in [9.17, 15) is 14.4 Å². The fourth-order valence-electron chi connectivity index (χ4n) is 3.87. The van der Waals surface area contributed by atoms with Gasteiger partial charge in [-0.25, -0.2) is 0 Å². The second kappa shape index (κ2) is 18.6. The van der Waals surface area contributed by atoms with Gasteiger partial charge >= 0.3 is 0 Å². The van der Waals surface area contributed by atoms with Crippen LogP contribution in [0.1, 0.15) is 42.2 Å². The maximum atomic E-state index is 13.1. The van der Waals surface area contributed by atoms with Crippen molar-refractivity contribution in [2.75, 3.05) is 71.3 Å². The number of nitrogens with two attached hydrogens (primary N) is 4. The highest BCUT2D eigenvalue weighted by Gasteiger charge is 2.25. The highest BCUT2D eigenvalue weighted by Crippen LogP contribution is 2.29. The van der Waals surface area contributed by atoms with Crippen molar-refractivity contribution in [3.8, 4) is 0 Å². The van der Waals surface area contributed by atoms with Crippen LogP contribution in [0.25, 0.3) is 0 Å². The summed E-state index contributed by atoms with van der Waals surface area (Å²) in [6.45, 7) is 3.34. The third-order valence-corrected chi connectivity index (χ3v) is 6.39. The Labute approximate surface area is 247 Å². The quantitative estimate of drug-likeness (QED) is 0.0997. The molecular weight excluding hydrogens is 633 g/mol. The van der Waals surface area contributed by atoms with Crippen LogP contribution in [0.2, 0.25) is 0 Å². The molecule has 0 saturated carbocycles. The van der Waals surface area contributed by atoms with Gasteiger partial charge in [-0.3, -0.25) is 14.4 Å². The number of rotatable bonds is 20. The molecule has 0 aliphatic rings. The SMILES string of the molecule is NCCOCCOCCc1c(NC(=O)c2ccc(I)cc2)cc(C(N)=O)c(CCOCCOCCN)c1C(N)=O. The number of hydrogen-bond acceptors (Lipinski definition) is 9. The first-order valence-corrected chi connectivity index (χ1v) is 13.9. The zero-order valence-corrected chi connectivity index (χ0v) is 24.6. The topological polar surface area (TPSA) is 204 Å². The minimum Gasteiger partial charge on any atom is -0.379 e. The molecule has 0 unspecified atom stereocenters. The maximum Gasteiger partial charge on any atom is 0.255 e. The fourth-order valence-corrected chi connectivity index (χ4v) is 4.23. The van der Waals surface area contributed by atoms with Gasteiger partial charge in [-0.2, -0.15) is 0 Å². The third kappa shape index (κ3) is 11.1. The summed E-state index contributed by atoms with van der Waals surface area (Å²) in [5.74, 6) is -1.96. The number of primary amides is 2. The van der Waals surface area contributed by atoms with Gasteiger partial charge in [0.1, 0.15) is 0 Å². The Morgan fingerprint density at radius 2 is 1.20 bits per heavy atom. The molecule has 40 heavy (non-hydrogen) atoms. The van der Waals surface area contributed by atoms with Gasteiger partial charge in [0.2, 0.25) is 11.8 Å². The number of amides is 3. The number of benzene rings is 2. The molecule has 0 fully saturated rings. The van der Waals surface area contributed by atoms with E-state index in [2.05, 4.69) is 27.9 Å². The molecule has 13 heteroatoms. The lowest BCUT2D eigenvalue weighted by atomic mass is 9.89. The molecule has 0 saturated heterocycles.